The lowest BCUT2D eigenvalue weighted by Crippen LogP contribution is -2.23. The van der Waals surface area contributed by atoms with Crippen LogP contribution in [-0.4, -0.2) is 8.42 Å². The summed E-state index contributed by atoms with van der Waals surface area (Å²) in [4.78, 5) is 1.23. The summed E-state index contributed by atoms with van der Waals surface area (Å²) >= 11 is 1.54. The highest BCUT2D eigenvalue weighted by Gasteiger charge is 2.15. The largest absolute Gasteiger partial charge is 0.398 e. The topological polar surface area (TPSA) is 72.2 Å². The Balaban J connectivity index is 2.18. The minimum atomic E-state index is -3.52. The maximum Gasteiger partial charge on any atom is 0.240 e. The fraction of sp³-hybridized carbons (Fsp3) is 0.286. The number of hydrogen-bond donors (Lipinski definition) is 2. The van der Waals surface area contributed by atoms with E-state index in [2.05, 4.69) is 4.72 Å². The van der Waals surface area contributed by atoms with Gasteiger partial charge in [-0.2, -0.15) is 0 Å². The molecule has 0 radical (unpaired) electrons. The number of benzene rings is 1. The molecule has 108 valence electrons. The van der Waals surface area contributed by atoms with E-state index in [1.54, 1.807) is 23.5 Å². The van der Waals surface area contributed by atoms with E-state index in [4.69, 9.17) is 5.73 Å². The summed E-state index contributed by atoms with van der Waals surface area (Å²) in [6.45, 7) is 4.26. The molecule has 0 amide bonds. The van der Waals surface area contributed by atoms with Crippen LogP contribution in [0.4, 0.5) is 5.69 Å². The molecule has 0 saturated carbocycles. The molecule has 0 atom stereocenters. The lowest BCUT2D eigenvalue weighted by Gasteiger charge is -2.09. The molecule has 0 spiro atoms. The van der Waals surface area contributed by atoms with Gasteiger partial charge >= 0.3 is 0 Å². The summed E-state index contributed by atoms with van der Waals surface area (Å²) in [7, 11) is -3.52. The van der Waals surface area contributed by atoms with E-state index in [-0.39, 0.29) is 4.90 Å². The number of rotatable bonds is 5. The van der Waals surface area contributed by atoms with E-state index in [0.717, 1.165) is 22.4 Å². The third-order valence-electron chi connectivity index (χ3n) is 3.20. The second-order valence-electron chi connectivity index (χ2n) is 4.57. The molecule has 1 aromatic carbocycles. The first kappa shape index (κ1) is 15.0. The van der Waals surface area contributed by atoms with Gasteiger partial charge in [-0.3, -0.25) is 0 Å². The van der Waals surface area contributed by atoms with Crippen LogP contribution in [0.3, 0.4) is 0 Å². The maximum atomic E-state index is 12.2. The van der Waals surface area contributed by atoms with Crippen molar-refractivity contribution in [2.45, 2.75) is 31.7 Å². The molecule has 0 fully saturated rings. The van der Waals surface area contributed by atoms with Gasteiger partial charge in [-0.15, -0.1) is 11.3 Å². The Morgan fingerprint density at radius 1 is 1.30 bits per heavy atom. The fourth-order valence-electron chi connectivity index (χ4n) is 1.89. The van der Waals surface area contributed by atoms with Crippen LogP contribution in [0.1, 0.15) is 22.9 Å². The maximum absolute atomic E-state index is 12.2. The van der Waals surface area contributed by atoms with Gasteiger partial charge in [0.05, 0.1) is 4.90 Å². The molecule has 20 heavy (non-hydrogen) atoms. The number of nitrogens with one attached hydrogen (secondary N) is 1. The van der Waals surface area contributed by atoms with Crippen molar-refractivity contribution >= 4 is 27.0 Å². The van der Waals surface area contributed by atoms with Crippen LogP contribution in [0.25, 0.3) is 0 Å². The van der Waals surface area contributed by atoms with Gasteiger partial charge in [0.2, 0.25) is 10.0 Å². The second kappa shape index (κ2) is 5.95. The minimum Gasteiger partial charge on any atom is -0.398 e. The summed E-state index contributed by atoms with van der Waals surface area (Å²) in [6, 6.07) is 6.85. The number of thiophene rings is 1. The second-order valence-corrected chi connectivity index (χ2v) is 7.33. The average Bonchev–Trinajstić information content (AvgIpc) is 2.82. The van der Waals surface area contributed by atoms with Gasteiger partial charge in [0.15, 0.2) is 0 Å². The van der Waals surface area contributed by atoms with Crippen LogP contribution in [-0.2, 0) is 23.0 Å². The lowest BCUT2D eigenvalue weighted by atomic mass is 10.1. The van der Waals surface area contributed by atoms with E-state index >= 15 is 0 Å². The van der Waals surface area contributed by atoms with Gasteiger partial charge in [0.1, 0.15) is 0 Å². The first-order valence-corrected chi connectivity index (χ1v) is 8.71. The number of hydrogen-bond acceptors (Lipinski definition) is 4. The smallest absolute Gasteiger partial charge is 0.240 e. The van der Waals surface area contributed by atoms with Gasteiger partial charge in [-0.05, 0) is 48.1 Å². The summed E-state index contributed by atoms with van der Waals surface area (Å²) in [5.41, 5.74) is 8.42. The lowest BCUT2D eigenvalue weighted by molar-refractivity contribution is 0.581. The van der Waals surface area contributed by atoms with Crippen LogP contribution in [0, 0.1) is 6.92 Å². The Labute approximate surface area is 123 Å². The fourth-order valence-corrected chi connectivity index (χ4v) is 3.86. The van der Waals surface area contributed by atoms with Gasteiger partial charge in [0, 0.05) is 17.1 Å². The zero-order valence-corrected chi connectivity index (χ0v) is 13.1. The molecule has 1 aromatic heterocycles. The minimum absolute atomic E-state index is 0.210. The predicted molar refractivity (Wildman–Crippen MR) is 83.3 cm³/mol. The molecule has 0 aliphatic rings. The molecular weight excluding hydrogens is 292 g/mol. The Morgan fingerprint density at radius 3 is 2.60 bits per heavy atom. The molecule has 0 unspecified atom stereocenters. The van der Waals surface area contributed by atoms with Gasteiger partial charge < -0.3 is 5.73 Å². The first-order chi connectivity index (χ1) is 9.44. The summed E-state index contributed by atoms with van der Waals surface area (Å²) in [5, 5.41) is 1.95. The van der Waals surface area contributed by atoms with Gasteiger partial charge in [-0.1, -0.05) is 13.0 Å². The van der Waals surface area contributed by atoms with Crippen LogP contribution in [0.2, 0.25) is 0 Å². The molecule has 0 aliphatic heterocycles. The van der Waals surface area contributed by atoms with Crippen molar-refractivity contribution in [2.75, 3.05) is 5.73 Å². The SMILES string of the molecule is CCc1ccc(S(=O)(=O)NCc2sccc2C)cc1N. The first-order valence-electron chi connectivity index (χ1n) is 6.35. The summed E-state index contributed by atoms with van der Waals surface area (Å²) in [5.74, 6) is 0. The molecule has 6 heteroatoms. The van der Waals surface area contributed by atoms with E-state index in [0.29, 0.717) is 12.2 Å². The molecule has 0 bridgehead atoms. The summed E-state index contributed by atoms with van der Waals surface area (Å²) < 4.78 is 27.1. The zero-order chi connectivity index (χ0) is 14.8. The quantitative estimate of drug-likeness (QED) is 0.834. The molecule has 0 aliphatic carbocycles. The van der Waals surface area contributed by atoms with E-state index < -0.39 is 10.0 Å². The van der Waals surface area contributed by atoms with E-state index in [9.17, 15) is 8.42 Å². The monoisotopic (exact) mass is 310 g/mol. The number of nitrogens with two attached hydrogens (primary N) is 1. The molecule has 2 aromatic rings. The summed E-state index contributed by atoms with van der Waals surface area (Å²) in [6.07, 6.45) is 0.786. The normalized spacial score (nSPS) is 11.7. The highest BCUT2D eigenvalue weighted by molar-refractivity contribution is 7.89. The molecular formula is C14H18N2O2S2. The Hall–Kier alpha value is -1.37. The molecule has 1 heterocycles. The number of nitrogen functional groups attached to an aromatic ring is 1. The third kappa shape index (κ3) is 3.20. The van der Waals surface area contributed by atoms with E-state index in [1.165, 1.54) is 6.07 Å². The highest BCUT2D eigenvalue weighted by Crippen LogP contribution is 2.20. The Bertz CT molecular complexity index is 706. The van der Waals surface area contributed by atoms with Crippen molar-refractivity contribution in [1.29, 1.82) is 0 Å². The molecule has 4 nitrogen and oxygen atoms in total. The van der Waals surface area contributed by atoms with Gasteiger partial charge in [0.25, 0.3) is 0 Å². The number of aryl methyl sites for hydroxylation is 2. The van der Waals surface area contributed by atoms with Crippen LogP contribution in [0.15, 0.2) is 34.5 Å². The van der Waals surface area contributed by atoms with Crippen molar-refractivity contribution < 1.29 is 8.42 Å². The highest BCUT2D eigenvalue weighted by atomic mass is 32.2. The van der Waals surface area contributed by atoms with Crippen LogP contribution < -0.4 is 10.5 Å². The number of sulfonamides is 1. The van der Waals surface area contributed by atoms with Gasteiger partial charge in [-0.25, -0.2) is 13.1 Å². The predicted octanol–water partition coefficient (Wildman–Crippen LogP) is 2.68. The average molecular weight is 310 g/mol. The van der Waals surface area contributed by atoms with E-state index in [1.807, 2.05) is 25.3 Å². The molecule has 3 N–H and O–H groups in total. The van der Waals surface area contributed by atoms with Crippen molar-refractivity contribution in [3.05, 3.63) is 45.6 Å². The molecule has 2 rings (SSSR count). The van der Waals surface area contributed by atoms with Crippen molar-refractivity contribution in [1.82, 2.24) is 4.72 Å². The Morgan fingerprint density at radius 2 is 2.05 bits per heavy atom. The van der Waals surface area contributed by atoms with Crippen molar-refractivity contribution in [3.8, 4) is 0 Å². The number of anilines is 1. The zero-order valence-electron chi connectivity index (χ0n) is 11.5. The van der Waals surface area contributed by atoms with Crippen molar-refractivity contribution in [3.63, 3.8) is 0 Å². The van der Waals surface area contributed by atoms with Crippen LogP contribution in [0.5, 0.6) is 0 Å². The standard InChI is InChI=1S/C14H18N2O2S2/c1-3-11-4-5-12(8-13(11)15)20(17,18)16-9-14-10(2)6-7-19-14/h4-8,16H,3,9,15H2,1-2H3. The molecule has 0 saturated heterocycles. The van der Waals surface area contributed by atoms with Crippen molar-refractivity contribution in [2.24, 2.45) is 0 Å². The van der Waals surface area contributed by atoms with Crippen LogP contribution >= 0.6 is 11.3 Å². The third-order valence-corrected chi connectivity index (χ3v) is 5.62. The Kier molecular flexibility index (Phi) is 4.47.